The van der Waals surface area contributed by atoms with Gasteiger partial charge in [-0.3, -0.25) is 14.4 Å². The molecular weight excluding hydrogens is 644 g/mol. The Balaban J connectivity index is 1.61. The van der Waals surface area contributed by atoms with Crippen LogP contribution in [0.2, 0.25) is 5.02 Å². The fourth-order valence-corrected chi connectivity index (χ4v) is 5.86. The molecule has 11 heteroatoms. The van der Waals surface area contributed by atoms with E-state index >= 15 is 0 Å². The first kappa shape index (κ1) is 39.5. The van der Waals surface area contributed by atoms with Gasteiger partial charge >= 0.3 is 5.63 Å². The minimum absolute atomic E-state index is 0.0527. The number of nitrogens with one attached hydrogen (secondary N) is 2. The predicted molar refractivity (Wildman–Crippen MR) is 197 cm³/mol. The Labute approximate surface area is 295 Å². The molecule has 1 atom stereocenters. The van der Waals surface area contributed by atoms with Gasteiger partial charge in [0.05, 0.1) is 11.6 Å². The van der Waals surface area contributed by atoms with Crippen LogP contribution in [0.1, 0.15) is 85.0 Å². The van der Waals surface area contributed by atoms with E-state index in [4.69, 9.17) is 20.8 Å². The molecule has 0 fully saturated rings. The standard InChI is InChI=1S/C38H53ClN4O6/c1-6-8-9-10-11-12-13-14-15-16-35(44)41-28-17-19-30(33(39)23-28)32-25-37(46)49-34-24-29(18-20-31(32)34)48-27(3)38(47)43(7-2)26-36(45)40-21-22-42(4)5/h17-20,23-25,27H,6-16,21-22,26H2,1-5H3,(H,40,45)(H,41,44)/t27-/m1/s1. The number of benzene rings is 2. The van der Waals surface area contributed by atoms with E-state index in [0.29, 0.717) is 59.0 Å². The smallest absolute Gasteiger partial charge is 0.336 e. The number of hydrogen-bond donors (Lipinski definition) is 2. The Morgan fingerprint density at radius 3 is 2.22 bits per heavy atom. The molecule has 0 radical (unpaired) electrons. The van der Waals surface area contributed by atoms with E-state index in [0.717, 1.165) is 19.3 Å². The van der Waals surface area contributed by atoms with E-state index in [1.165, 1.54) is 49.5 Å². The zero-order chi connectivity index (χ0) is 35.8. The highest BCUT2D eigenvalue weighted by atomic mass is 35.5. The number of unbranched alkanes of at least 4 members (excludes halogenated alkanes) is 8. The lowest BCUT2D eigenvalue weighted by molar-refractivity contribution is -0.141. The summed E-state index contributed by atoms with van der Waals surface area (Å²) in [4.78, 5) is 54.0. The number of likely N-dealkylation sites (N-methyl/N-ethyl adjacent to an activating group) is 2. The van der Waals surface area contributed by atoms with Gasteiger partial charge in [0.1, 0.15) is 11.3 Å². The van der Waals surface area contributed by atoms with E-state index in [9.17, 15) is 19.2 Å². The van der Waals surface area contributed by atoms with Crippen molar-refractivity contribution in [3.8, 4) is 16.9 Å². The average Bonchev–Trinajstić information content (AvgIpc) is 3.05. The fraction of sp³-hybridized carbons (Fsp3) is 0.526. The van der Waals surface area contributed by atoms with E-state index in [-0.39, 0.29) is 29.8 Å². The first-order valence-electron chi connectivity index (χ1n) is 17.6. The summed E-state index contributed by atoms with van der Waals surface area (Å²) in [7, 11) is 3.83. The monoisotopic (exact) mass is 696 g/mol. The Kier molecular flexibility index (Phi) is 16.6. The van der Waals surface area contributed by atoms with Crippen molar-refractivity contribution >= 4 is 46.0 Å². The number of carbonyl (C=O) groups is 3. The summed E-state index contributed by atoms with van der Waals surface area (Å²) >= 11 is 6.68. The lowest BCUT2D eigenvalue weighted by Gasteiger charge is -2.24. The van der Waals surface area contributed by atoms with Crippen molar-refractivity contribution in [1.29, 1.82) is 0 Å². The van der Waals surface area contributed by atoms with Gasteiger partial charge in [-0.05, 0) is 58.6 Å². The maximum atomic E-state index is 13.1. The molecule has 3 rings (SSSR count). The first-order valence-corrected chi connectivity index (χ1v) is 17.9. The summed E-state index contributed by atoms with van der Waals surface area (Å²) < 4.78 is 11.4. The first-order chi connectivity index (χ1) is 23.5. The molecule has 0 aliphatic carbocycles. The summed E-state index contributed by atoms with van der Waals surface area (Å²) in [5.41, 5.74) is 1.45. The third-order valence-corrected chi connectivity index (χ3v) is 8.65. The molecule has 10 nitrogen and oxygen atoms in total. The highest BCUT2D eigenvalue weighted by molar-refractivity contribution is 6.34. The molecule has 0 saturated heterocycles. The zero-order valence-electron chi connectivity index (χ0n) is 29.7. The maximum absolute atomic E-state index is 13.1. The average molecular weight is 697 g/mol. The van der Waals surface area contributed by atoms with Crippen LogP contribution in [0.25, 0.3) is 22.1 Å². The van der Waals surface area contributed by atoms with Crippen LogP contribution >= 0.6 is 11.6 Å². The van der Waals surface area contributed by atoms with Gasteiger partial charge in [0.25, 0.3) is 5.91 Å². The quantitative estimate of drug-likeness (QED) is 0.0888. The van der Waals surface area contributed by atoms with E-state index < -0.39 is 11.7 Å². The normalized spacial score (nSPS) is 11.8. The third-order valence-electron chi connectivity index (χ3n) is 8.34. The molecule has 0 aliphatic rings. The Bertz CT molecular complexity index is 1590. The lowest BCUT2D eigenvalue weighted by atomic mass is 10.0. The topological polar surface area (TPSA) is 121 Å². The van der Waals surface area contributed by atoms with Crippen LogP contribution in [0.3, 0.4) is 0 Å². The third kappa shape index (κ3) is 13.2. The molecule has 3 aromatic rings. The van der Waals surface area contributed by atoms with Crippen molar-refractivity contribution in [2.45, 2.75) is 91.1 Å². The second-order valence-electron chi connectivity index (χ2n) is 12.7. The largest absolute Gasteiger partial charge is 0.481 e. The molecule has 0 unspecified atom stereocenters. The van der Waals surface area contributed by atoms with Gasteiger partial charge in [-0.15, -0.1) is 0 Å². The van der Waals surface area contributed by atoms with Crippen molar-refractivity contribution in [1.82, 2.24) is 15.1 Å². The number of ether oxygens (including phenoxy) is 1. The molecule has 0 bridgehead atoms. The summed E-state index contributed by atoms with van der Waals surface area (Å²) in [5.74, 6) is -0.306. The minimum atomic E-state index is -0.889. The molecule has 1 heterocycles. The van der Waals surface area contributed by atoms with Crippen LogP contribution in [0, 0.1) is 0 Å². The number of halogens is 1. The Morgan fingerprint density at radius 2 is 1.57 bits per heavy atom. The summed E-state index contributed by atoms with van der Waals surface area (Å²) in [6.45, 7) is 7.08. The SMILES string of the molecule is CCCCCCCCCCCC(=O)Nc1ccc(-c2cc(=O)oc3cc(O[C@H](C)C(=O)N(CC)CC(=O)NCCN(C)C)ccc23)c(Cl)c1. The number of fused-ring (bicyclic) bond motifs is 1. The van der Waals surface area contributed by atoms with Gasteiger partial charge in [-0.25, -0.2) is 4.79 Å². The highest BCUT2D eigenvalue weighted by Crippen LogP contribution is 2.35. The molecule has 0 saturated carbocycles. The van der Waals surface area contributed by atoms with Gasteiger partial charge in [0.15, 0.2) is 6.10 Å². The summed E-state index contributed by atoms with van der Waals surface area (Å²) in [6.07, 6.45) is 10.3. The molecule has 1 aromatic heterocycles. The number of carbonyl (C=O) groups excluding carboxylic acids is 3. The second-order valence-corrected chi connectivity index (χ2v) is 13.1. The molecule has 2 aromatic carbocycles. The van der Waals surface area contributed by atoms with Gasteiger partial charge in [-0.1, -0.05) is 76.0 Å². The number of anilines is 1. The fourth-order valence-electron chi connectivity index (χ4n) is 5.58. The van der Waals surface area contributed by atoms with Crippen LogP contribution in [-0.4, -0.2) is 73.9 Å². The maximum Gasteiger partial charge on any atom is 0.336 e. The van der Waals surface area contributed by atoms with E-state index in [1.54, 1.807) is 50.2 Å². The molecule has 0 spiro atoms. The Hall–Kier alpha value is -3.89. The molecule has 3 amide bonds. The molecule has 268 valence electrons. The Morgan fingerprint density at radius 1 is 0.878 bits per heavy atom. The minimum Gasteiger partial charge on any atom is -0.481 e. The zero-order valence-corrected chi connectivity index (χ0v) is 30.5. The van der Waals surface area contributed by atoms with Crippen molar-refractivity contribution in [2.75, 3.05) is 45.6 Å². The molecule has 0 aliphatic heterocycles. The van der Waals surface area contributed by atoms with Crippen molar-refractivity contribution in [3.05, 3.63) is 57.9 Å². The summed E-state index contributed by atoms with van der Waals surface area (Å²) in [6, 6.07) is 11.6. The van der Waals surface area contributed by atoms with Crippen molar-refractivity contribution in [3.63, 3.8) is 0 Å². The second kappa shape index (κ2) is 20.6. The van der Waals surface area contributed by atoms with Gasteiger partial charge in [0.2, 0.25) is 11.8 Å². The van der Waals surface area contributed by atoms with Crippen LogP contribution in [-0.2, 0) is 14.4 Å². The van der Waals surface area contributed by atoms with E-state index in [2.05, 4.69) is 17.6 Å². The molecule has 49 heavy (non-hydrogen) atoms. The number of amides is 3. The van der Waals surface area contributed by atoms with E-state index in [1.807, 2.05) is 19.0 Å². The number of rotatable bonds is 21. The predicted octanol–water partition coefficient (Wildman–Crippen LogP) is 7.27. The molecule has 2 N–H and O–H groups in total. The van der Waals surface area contributed by atoms with Crippen LogP contribution in [0.4, 0.5) is 5.69 Å². The highest BCUT2D eigenvalue weighted by Gasteiger charge is 2.23. The van der Waals surface area contributed by atoms with Gasteiger partial charge in [-0.2, -0.15) is 0 Å². The van der Waals surface area contributed by atoms with Crippen LogP contribution < -0.4 is 21.0 Å². The van der Waals surface area contributed by atoms with Crippen molar-refractivity contribution in [2.24, 2.45) is 0 Å². The number of hydrogen-bond acceptors (Lipinski definition) is 7. The van der Waals surface area contributed by atoms with Crippen LogP contribution in [0.15, 0.2) is 51.7 Å². The van der Waals surface area contributed by atoms with Gasteiger partial charge < -0.3 is 29.6 Å². The number of nitrogens with zero attached hydrogens (tertiary/aromatic N) is 2. The summed E-state index contributed by atoms with van der Waals surface area (Å²) in [5, 5.41) is 6.74. The van der Waals surface area contributed by atoms with Crippen LogP contribution in [0.5, 0.6) is 5.75 Å². The molecular formula is C38H53ClN4O6. The lowest BCUT2D eigenvalue weighted by Crippen LogP contribution is -2.46. The van der Waals surface area contributed by atoms with Gasteiger partial charge in [0, 0.05) is 60.4 Å². The van der Waals surface area contributed by atoms with Crippen molar-refractivity contribution < 1.29 is 23.5 Å².